The van der Waals surface area contributed by atoms with Gasteiger partial charge in [-0.25, -0.2) is 23.5 Å². The van der Waals surface area contributed by atoms with Gasteiger partial charge in [-0.05, 0) is 36.2 Å². The van der Waals surface area contributed by atoms with Gasteiger partial charge in [-0.1, -0.05) is 46.9 Å². The second kappa shape index (κ2) is 14.0. The van der Waals surface area contributed by atoms with Crippen molar-refractivity contribution in [3.63, 3.8) is 0 Å². The first-order chi connectivity index (χ1) is 18.1. The van der Waals surface area contributed by atoms with Gasteiger partial charge in [-0.2, -0.15) is 17.9 Å². The zero-order chi connectivity index (χ0) is 29.4. The Morgan fingerprint density at radius 2 is 1.64 bits per heavy atom. The third-order valence-electron chi connectivity index (χ3n) is 4.48. The van der Waals surface area contributed by atoms with Gasteiger partial charge in [0.15, 0.2) is 0 Å². The molecule has 2 rings (SSSR count). The van der Waals surface area contributed by atoms with Gasteiger partial charge < -0.3 is 15.2 Å². The molecular formula is C21H20Cl3F3N4O7S. The van der Waals surface area contributed by atoms with E-state index in [-0.39, 0.29) is 39.8 Å². The summed E-state index contributed by atoms with van der Waals surface area (Å²) in [5, 5.41) is 6.28. The Morgan fingerprint density at radius 3 is 2.23 bits per heavy atom. The quantitative estimate of drug-likeness (QED) is 0.0520. The monoisotopic (exact) mass is 634 g/mol. The van der Waals surface area contributed by atoms with Crippen LogP contribution in [0.3, 0.4) is 0 Å². The average molecular weight is 636 g/mol. The van der Waals surface area contributed by atoms with Gasteiger partial charge in [0.25, 0.3) is 0 Å². The van der Waals surface area contributed by atoms with E-state index < -0.39 is 45.5 Å². The van der Waals surface area contributed by atoms with Gasteiger partial charge in [0.2, 0.25) is 16.0 Å². The number of esters is 2. The van der Waals surface area contributed by atoms with Crippen molar-refractivity contribution < 1.29 is 45.5 Å². The van der Waals surface area contributed by atoms with Crippen molar-refractivity contribution in [2.24, 2.45) is 5.73 Å². The molecule has 1 atom stereocenters. The fraction of sp³-hybridized carbons (Fsp3) is 0.286. The topological polar surface area (TPSA) is 170 Å². The lowest BCUT2D eigenvalue weighted by molar-refractivity contribution is -0.202. The summed E-state index contributed by atoms with van der Waals surface area (Å²) in [5.41, 5.74) is 7.47. The third kappa shape index (κ3) is 10.3. The molecule has 0 amide bonds. The molecule has 11 nitrogen and oxygen atoms in total. The van der Waals surface area contributed by atoms with Gasteiger partial charge in [-0.3, -0.25) is 10.2 Å². The molecule has 0 saturated heterocycles. The van der Waals surface area contributed by atoms with Crippen LogP contribution in [-0.4, -0.2) is 51.7 Å². The Kier molecular flexibility index (Phi) is 11.6. The number of halogens is 6. The zero-order valence-electron chi connectivity index (χ0n) is 19.5. The number of sulfonamides is 1. The number of ether oxygens (including phenoxy) is 2. The van der Waals surface area contributed by atoms with Crippen molar-refractivity contribution >= 4 is 62.7 Å². The number of hydroxylamine groups is 1. The lowest BCUT2D eigenvalue weighted by Crippen LogP contribution is -2.45. The Labute approximate surface area is 235 Å². The summed E-state index contributed by atoms with van der Waals surface area (Å²) in [6.45, 7) is 0.388. The Morgan fingerprint density at radius 1 is 1.03 bits per heavy atom. The van der Waals surface area contributed by atoms with Crippen molar-refractivity contribution in [2.75, 3.05) is 13.2 Å². The number of carbonyl (C=O) groups excluding carboxylic acids is 2. The smallest absolute Gasteiger partial charge is 0.491 e. The van der Waals surface area contributed by atoms with Crippen molar-refractivity contribution in [1.29, 1.82) is 5.41 Å². The molecule has 0 spiro atoms. The van der Waals surface area contributed by atoms with Crippen LogP contribution in [0, 0.1) is 5.41 Å². The SMILES string of the molecule is N=C(N)NOCCCOc1ccc(C[C@H](NS(=O)(=O)c2cc(Cl)c(Cl)cc2Cl)C(=O)OC(=O)C(F)(F)F)cc1. The minimum Gasteiger partial charge on any atom is -0.494 e. The first-order valence-corrected chi connectivity index (χ1v) is 13.1. The second-order valence-corrected chi connectivity index (χ2v) is 10.4. The van der Waals surface area contributed by atoms with Crippen molar-refractivity contribution in [3.05, 3.63) is 57.0 Å². The molecule has 0 aliphatic rings. The van der Waals surface area contributed by atoms with E-state index in [0.29, 0.717) is 12.2 Å². The second-order valence-electron chi connectivity index (χ2n) is 7.49. The van der Waals surface area contributed by atoms with E-state index in [4.69, 9.17) is 55.5 Å². The minimum absolute atomic E-state index is 0.0742. The largest absolute Gasteiger partial charge is 0.494 e. The number of rotatable bonds is 12. The van der Waals surface area contributed by atoms with Crippen LogP contribution >= 0.6 is 34.8 Å². The summed E-state index contributed by atoms with van der Waals surface area (Å²) in [4.78, 5) is 27.9. The predicted molar refractivity (Wildman–Crippen MR) is 134 cm³/mol. The highest BCUT2D eigenvalue weighted by Crippen LogP contribution is 2.32. The number of benzene rings is 2. The van der Waals surface area contributed by atoms with E-state index in [1.807, 2.05) is 4.72 Å². The Balaban J connectivity index is 2.18. The molecule has 5 N–H and O–H groups in total. The molecule has 0 heterocycles. The maximum atomic E-state index is 12.9. The van der Waals surface area contributed by atoms with E-state index in [0.717, 1.165) is 12.1 Å². The Bertz CT molecular complexity index is 1310. The third-order valence-corrected chi connectivity index (χ3v) is 7.13. The summed E-state index contributed by atoms with van der Waals surface area (Å²) in [5.74, 6) is -4.63. The number of alkyl halides is 3. The fourth-order valence-corrected chi connectivity index (χ4v) is 4.95. The van der Waals surface area contributed by atoms with E-state index in [2.05, 4.69) is 10.2 Å². The average Bonchev–Trinajstić information content (AvgIpc) is 2.83. The highest BCUT2D eigenvalue weighted by Gasteiger charge is 2.44. The fourth-order valence-electron chi connectivity index (χ4n) is 2.76. The van der Waals surface area contributed by atoms with Crippen LogP contribution in [0.25, 0.3) is 0 Å². The normalized spacial score (nSPS) is 12.5. The van der Waals surface area contributed by atoms with E-state index in [1.165, 1.54) is 24.3 Å². The van der Waals surface area contributed by atoms with Crippen molar-refractivity contribution in [2.45, 2.75) is 30.0 Å². The van der Waals surface area contributed by atoms with Crippen molar-refractivity contribution in [3.8, 4) is 5.75 Å². The molecule has 0 aliphatic carbocycles. The van der Waals surface area contributed by atoms with Crippen LogP contribution in [-0.2, 0) is 35.6 Å². The molecule has 214 valence electrons. The number of nitrogens with two attached hydrogens (primary N) is 1. The number of hydrogen-bond donors (Lipinski definition) is 4. The molecule has 0 fully saturated rings. The highest BCUT2D eigenvalue weighted by atomic mass is 35.5. The molecule has 0 aliphatic heterocycles. The van der Waals surface area contributed by atoms with Gasteiger partial charge in [0.1, 0.15) is 16.7 Å². The molecule has 0 bridgehead atoms. The van der Waals surface area contributed by atoms with E-state index >= 15 is 0 Å². The van der Waals surface area contributed by atoms with Gasteiger partial charge in [0, 0.05) is 6.42 Å². The van der Waals surface area contributed by atoms with Crippen LogP contribution in [0.15, 0.2) is 41.3 Å². The number of guanidine groups is 1. The zero-order valence-corrected chi connectivity index (χ0v) is 22.6. The summed E-state index contributed by atoms with van der Waals surface area (Å²) >= 11 is 17.6. The molecule has 39 heavy (non-hydrogen) atoms. The van der Waals surface area contributed by atoms with Gasteiger partial charge in [-0.15, -0.1) is 0 Å². The first-order valence-electron chi connectivity index (χ1n) is 10.5. The number of nitrogens with one attached hydrogen (secondary N) is 3. The molecule has 2 aromatic carbocycles. The van der Waals surface area contributed by atoms with Crippen molar-refractivity contribution in [1.82, 2.24) is 10.2 Å². The lowest BCUT2D eigenvalue weighted by Gasteiger charge is -2.18. The number of hydrogen-bond acceptors (Lipinski definition) is 8. The van der Waals surface area contributed by atoms with Gasteiger partial charge in [0.05, 0.1) is 28.3 Å². The maximum Gasteiger partial charge on any atom is 0.491 e. The van der Waals surface area contributed by atoms with Crippen LogP contribution in [0.2, 0.25) is 15.1 Å². The maximum absolute atomic E-state index is 12.9. The molecule has 2 aromatic rings. The molecule has 0 unspecified atom stereocenters. The standard InChI is InChI=1S/C21H20Cl3F3N4O7S/c22-13-9-15(24)17(10-14(13)23)39(34,35)31-16(18(32)38-19(33)21(25,26)27)8-11-2-4-12(5-3-11)36-6-1-7-37-30-20(28)29/h2-5,9-10,16,31H,1,6-8H2,(H4,28,29,30)/t16-/m0/s1. The first kappa shape index (κ1) is 32.4. The van der Waals surface area contributed by atoms with E-state index in [1.54, 1.807) is 0 Å². The molecule has 0 radical (unpaired) electrons. The Hall–Kier alpha value is -2.82. The minimum atomic E-state index is -5.50. The highest BCUT2D eigenvalue weighted by molar-refractivity contribution is 7.89. The molecule has 18 heteroatoms. The molecular weight excluding hydrogens is 616 g/mol. The van der Waals surface area contributed by atoms with Crippen LogP contribution in [0.1, 0.15) is 12.0 Å². The lowest BCUT2D eigenvalue weighted by atomic mass is 10.1. The van der Waals surface area contributed by atoms with Crippen LogP contribution < -0.4 is 20.7 Å². The molecule has 0 saturated carbocycles. The van der Waals surface area contributed by atoms with Crippen LogP contribution in [0.5, 0.6) is 5.75 Å². The summed E-state index contributed by atoms with van der Waals surface area (Å²) in [7, 11) is -4.68. The summed E-state index contributed by atoms with van der Waals surface area (Å²) in [6, 6.07) is 5.65. The molecule has 0 aromatic heterocycles. The predicted octanol–water partition coefficient (Wildman–Crippen LogP) is 3.35. The van der Waals surface area contributed by atoms with E-state index in [9.17, 15) is 31.2 Å². The van der Waals surface area contributed by atoms with Gasteiger partial charge >= 0.3 is 18.1 Å². The summed E-state index contributed by atoms with van der Waals surface area (Å²) in [6.07, 6.45) is -5.60. The van der Waals surface area contributed by atoms with Crippen LogP contribution in [0.4, 0.5) is 13.2 Å². The summed E-state index contributed by atoms with van der Waals surface area (Å²) < 4.78 is 75.0. The number of carbonyl (C=O) groups is 2.